The van der Waals surface area contributed by atoms with Crippen LogP contribution in [0.1, 0.15) is 39.5 Å². The second kappa shape index (κ2) is 7.11. The van der Waals surface area contributed by atoms with Crippen LogP contribution in [0.25, 0.3) is 0 Å². The van der Waals surface area contributed by atoms with Crippen LogP contribution in [0.3, 0.4) is 0 Å². The van der Waals surface area contributed by atoms with Crippen molar-refractivity contribution in [2.24, 2.45) is 0 Å². The molecule has 3 atom stereocenters. The molecule has 1 amide bonds. The lowest BCUT2D eigenvalue weighted by Gasteiger charge is -2.23. The Labute approximate surface area is 107 Å². The standard InChI is InChI=1S/C12H24N2O2S/c1-4-7-11-13-10(5-2)12(15)14(11)8-6-9-17(3)16/h10-11,13H,4-9H2,1-3H3. The topological polar surface area (TPSA) is 49.4 Å². The van der Waals surface area contributed by atoms with E-state index in [0.29, 0.717) is 5.75 Å². The average molecular weight is 260 g/mol. The summed E-state index contributed by atoms with van der Waals surface area (Å²) in [7, 11) is -0.761. The molecule has 1 fully saturated rings. The molecule has 100 valence electrons. The van der Waals surface area contributed by atoms with Gasteiger partial charge >= 0.3 is 0 Å². The zero-order valence-corrected chi connectivity index (χ0v) is 11.9. The smallest absolute Gasteiger partial charge is 0.241 e. The second-order valence-corrected chi connectivity index (χ2v) is 6.15. The lowest BCUT2D eigenvalue weighted by Crippen LogP contribution is -2.38. The van der Waals surface area contributed by atoms with Gasteiger partial charge in [0.1, 0.15) is 0 Å². The molecule has 1 N–H and O–H groups in total. The lowest BCUT2D eigenvalue weighted by atomic mass is 10.2. The van der Waals surface area contributed by atoms with Gasteiger partial charge in [-0.1, -0.05) is 20.3 Å². The molecule has 0 spiro atoms. The number of carbonyl (C=O) groups is 1. The van der Waals surface area contributed by atoms with Crippen molar-refractivity contribution in [3.8, 4) is 0 Å². The number of nitrogens with zero attached hydrogens (tertiary/aromatic N) is 1. The Morgan fingerprint density at radius 1 is 1.41 bits per heavy atom. The number of hydrogen-bond acceptors (Lipinski definition) is 3. The third-order valence-electron chi connectivity index (χ3n) is 3.15. The van der Waals surface area contributed by atoms with E-state index >= 15 is 0 Å². The van der Waals surface area contributed by atoms with Crippen molar-refractivity contribution in [2.45, 2.75) is 51.7 Å². The van der Waals surface area contributed by atoms with Gasteiger partial charge in [0.05, 0.1) is 12.2 Å². The predicted molar refractivity (Wildman–Crippen MR) is 71.2 cm³/mol. The first-order valence-electron chi connectivity index (χ1n) is 6.46. The van der Waals surface area contributed by atoms with Crippen LogP contribution in [0, 0.1) is 0 Å². The molecule has 1 rings (SSSR count). The minimum absolute atomic E-state index is 0.0151. The SMILES string of the molecule is CCCC1NC(CC)C(=O)N1CCCS(C)=O. The van der Waals surface area contributed by atoms with Crippen molar-refractivity contribution in [1.29, 1.82) is 0 Å². The van der Waals surface area contributed by atoms with E-state index < -0.39 is 10.8 Å². The maximum atomic E-state index is 12.1. The van der Waals surface area contributed by atoms with Crippen molar-refractivity contribution < 1.29 is 9.00 Å². The van der Waals surface area contributed by atoms with E-state index in [9.17, 15) is 9.00 Å². The van der Waals surface area contributed by atoms with E-state index in [4.69, 9.17) is 0 Å². The molecule has 1 heterocycles. The fourth-order valence-electron chi connectivity index (χ4n) is 2.26. The fraction of sp³-hybridized carbons (Fsp3) is 0.917. The highest BCUT2D eigenvalue weighted by Gasteiger charge is 2.36. The molecule has 0 aromatic heterocycles. The molecule has 17 heavy (non-hydrogen) atoms. The highest BCUT2D eigenvalue weighted by atomic mass is 32.2. The summed E-state index contributed by atoms with van der Waals surface area (Å²) in [4.78, 5) is 14.0. The molecule has 0 saturated carbocycles. The molecule has 1 aliphatic rings. The Morgan fingerprint density at radius 3 is 2.65 bits per heavy atom. The van der Waals surface area contributed by atoms with E-state index in [-0.39, 0.29) is 18.1 Å². The maximum Gasteiger partial charge on any atom is 0.241 e. The summed E-state index contributed by atoms with van der Waals surface area (Å²) >= 11 is 0. The van der Waals surface area contributed by atoms with Crippen LogP contribution in [-0.2, 0) is 15.6 Å². The summed E-state index contributed by atoms with van der Waals surface area (Å²) in [6.07, 6.45) is 5.63. The number of carbonyl (C=O) groups excluding carboxylic acids is 1. The summed E-state index contributed by atoms with van der Waals surface area (Å²) in [6, 6.07) is -0.0151. The van der Waals surface area contributed by atoms with E-state index in [2.05, 4.69) is 12.2 Å². The molecular formula is C12H24N2O2S. The summed E-state index contributed by atoms with van der Waals surface area (Å²) in [6.45, 7) is 4.89. The van der Waals surface area contributed by atoms with Crippen molar-refractivity contribution in [3.05, 3.63) is 0 Å². The minimum Gasteiger partial charge on any atom is -0.326 e. The Bertz CT molecular complexity index is 284. The number of hydrogen-bond donors (Lipinski definition) is 1. The molecule has 1 aliphatic heterocycles. The number of nitrogens with one attached hydrogen (secondary N) is 1. The number of rotatable bonds is 7. The molecule has 0 bridgehead atoms. The van der Waals surface area contributed by atoms with Gasteiger partial charge in [-0.05, 0) is 19.3 Å². The molecule has 0 radical (unpaired) electrons. The summed E-state index contributed by atoms with van der Waals surface area (Å²) in [5, 5.41) is 3.38. The molecule has 4 nitrogen and oxygen atoms in total. The second-order valence-electron chi connectivity index (χ2n) is 4.59. The minimum atomic E-state index is -0.761. The van der Waals surface area contributed by atoms with Gasteiger partial charge in [0.2, 0.25) is 5.91 Å². The molecule has 3 unspecified atom stereocenters. The highest BCUT2D eigenvalue weighted by molar-refractivity contribution is 7.84. The van der Waals surface area contributed by atoms with Crippen LogP contribution in [0.2, 0.25) is 0 Å². The lowest BCUT2D eigenvalue weighted by molar-refractivity contribution is -0.130. The van der Waals surface area contributed by atoms with Gasteiger partial charge in [0.15, 0.2) is 0 Å². The van der Waals surface area contributed by atoms with E-state index in [1.807, 2.05) is 11.8 Å². The molecular weight excluding hydrogens is 236 g/mol. The van der Waals surface area contributed by atoms with E-state index in [0.717, 1.165) is 32.2 Å². The first-order valence-corrected chi connectivity index (χ1v) is 8.19. The van der Waals surface area contributed by atoms with Crippen molar-refractivity contribution in [1.82, 2.24) is 10.2 Å². The highest BCUT2D eigenvalue weighted by Crippen LogP contribution is 2.17. The van der Waals surface area contributed by atoms with Crippen LogP contribution in [0.5, 0.6) is 0 Å². The van der Waals surface area contributed by atoms with Crippen LogP contribution in [-0.4, -0.2) is 45.8 Å². The predicted octanol–water partition coefficient (Wildman–Crippen LogP) is 1.09. The third-order valence-corrected chi connectivity index (χ3v) is 4.02. The maximum absolute atomic E-state index is 12.1. The fourth-order valence-corrected chi connectivity index (χ4v) is 2.79. The van der Waals surface area contributed by atoms with Gasteiger partial charge in [0.25, 0.3) is 0 Å². The molecule has 0 aromatic rings. The van der Waals surface area contributed by atoms with Gasteiger partial charge in [-0.15, -0.1) is 0 Å². The first-order chi connectivity index (χ1) is 8.10. The van der Waals surface area contributed by atoms with E-state index in [1.54, 1.807) is 6.26 Å². The van der Waals surface area contributed by atoms with Gasteiger partial charge in [0, 0.05) is 29.4 Å². The van der Waals surface area contributed by atoms with E-state index in [1.165, 1.54) is 0 Å². The van der Waals surface area contributed by atoms with Gasteiger partial charge in [-0.25, -0.2) is 0 Å². The number of amides is 1. The van der Waals surface area contributed by atoms with Gasteiger partial charge in [-0.3, -0.25) is 14.3 Å². The molecule has 1 saturated heterocycles. The first kappa shape index (κ1) is 14.6. The molecule has 0 aliphatic carbocycles. The van der Waals surface area contributed by atoms with Crippen LogP contribution < -0.4 is 5.32 Å². The summed E-state index contributed by atoms with van der Waals surface area (Å²) in [5.41, 5.74) is 0. The van der Waals surface area contributed by atoms with Crippen LogP contribution in [0.4, 0.5) is 0 Å². The Kier molecular flexibility index (Phi) is 6.12. The zero-order chi connectivity index (χ0) is 12.8. The molecule has 5 heteroatoms. The van der Waals surface area contributed by atoms with Gasteiger partial charge < -0.3 is 4.90 Å². The largest absolute Gasteiger partial charge is 0.326 e. The Balaban J connectivity index is 2.52. The quantitative estimate of drug-likeness (QED) is 0.745. The Morgan fingerprint density at radius 2 is 2.12 bits per heavy atom. The normalized spacial score (nSPS) is 26.5. The van der Waals surface area contributed by atoms with Crippen molar-refractivity contribution in [2.75, 3.05) is 18.6 Å². The Hall–Kier alpha value is -0.420. The zero-order valence-electron chi connectivity index (χ0n) is 11.1. The average Bonchev–Trinajstić information content (AvgIpc) is 2.57. The van der Waals surface area contributed by atoms with Crippen molar-refractivity contribution in [3.63, 3.8) is 0 Å². The molecule has 0 aromatic carbocycles. The summed E-state index contributed by atoms with van der Waals surface area (Å²) in [5.74, 6) is 0.896. The third kappa shape index (κ3) is 4.07. The van der Waals surface area contributed by atoms with Crippen molar-refractivity contribution >= 4 is 16.7 Å². The van der Waals surface area contributed by atoms with Crippen LogP contribution in [0.15, 0.2) is 0 Å². The van der Waals surface area contributed by atoms with Gasteiger partial charge in [-0.2, -0.15) is 0 Å². The monoisotopic (exact) mass is 260 g/mol. The van der Waals surface area contributed by atoms with Crippen LogP contribution >= 0.6 is 0 Å². The summed E-state index contributed by atoms with van der Waals surface area (Å²) < 4.78 is 11.0.